The Morgan fingerprint density at radius 3 is 2.81 bits per heavy atom. The fraction of sp³-hybridized carbons (Fsp3) is 0.333. The van der Waals surface area contributed by atoms with Crippen LogP contribution in [0.25, 0.3) is 0 Å². The molecule has 1 aromatic carbocycles. The van der Waals surface area contributed by atoms with E-state index in [9.17, 15) is 8.78 Å². The molecule has 1 atom stereocenters. The fourth-order valence-corrected chi connectivity index (χ4v) is 1.25. The van der Waals surface area contributed by atoms with Gasteiger partial charge in [-0.1, -0.05) is 12.1 Å². The maximum atomic E-state index is 12.0. The molecule has 0 aliphatic heterocycles. The molecule has 0 aromatic heterocycles. The molecule has 4 heteroatoms. The molecular formula is C12H13F2NO. The lowest BCUT2D eigenvalue weighted by atomic mass is 10.0. The lowest BCUT2D eigenvalue weighted by Crippen LogP contribution is -2.10. The van der Waals surface area contributed by atoms with Crippen molar-refractivity contribution in [1.29, 1.82) is 0 Å². The Bertz CT molecular complexity index is 395. The Hall–Kier alpha value is -1.60. The van der Waals surface area contributed by atoms with Crippen LogP contribution >= 0.6 is 0 Å². The van der Waals surface area contributed by atoms with Crippen LogP contribution in [0.2, 0.25) is 0 Å². The van der Waals surface area contributed by atoms with Gasteiger partial charge in [0.15, 0.2) is 0 Å². The summed E-state index contributed by atoms with van der Waals surface area (Å²) >= 11 is 0. The van der Waals surface area contributed by atoms with Crippen molar-refractivity contribution in [2.45, 2.75) is 26.0 Å². The first-order valence-corrected chi connectivity index (χ1v) is 4.83. The van der Waals surface area contributed by atoms with Crippen LogP contribution in [0, 0.1) is 11.8 Å². The lowest BCUT2D eigenvalue weighted by Gasteiger charge is -2.10. The van der Waals surface area contributed by atoms with Gasteiger partial charge in [-0.2, -0.15) is 8.78 Å². The van der Waals surface area contributed by atoms with Gasteiger partial charge >= 0.3 is 6.61 Å². The van der Waals surface area contributed by atoms with E-state index >= 15 is 0 Å². The minimum atomic E-state index is -2.82. The fourth-order valence-electron chi connectivity index (χ4n) is 1.25. The summed E-state index contributed by atoms with van der Waals surface area (Å²) in [6, 6.07) is 6.09. The Labute approximate surface area is 93.4 Å². The number of hydrogen-bond acceptors (Lipinski definition) is 2. The van der Waals surface area contributed by atoms with Crippen LogP contribution in [0.15, 0.2) is 24.3 Å². The van der Waals surface area contributed by atoms with Crippen LogP contribution < -0.4 is 10.5 Å². The molecule has 0 aliphatic carbocycles. The van der Waals surface area contributed by atoms with Crippen molar-refractivity contribution in [2.75, 3.05) is 0 Å². The van der Waals surface area contributed by atoms with Crippen LogP contribution in [-0.4, -0.2) is 6.61 Å². The zero-order chi connectivity index (χ0) is 12.0. The van der Waals surface area contributed by atoms with E-state index in [1.165, 1.54) is 12.1 Å². The summed E-state index contributed by atoms with van der Waals surface area (Å²) in [6.07, 6.45) is 0.495. The molecule has 1 aromatic rings. The second kappa shape index (κ2) is 6.09. The highest BCUT2D eigenvalue weighted by molar-refractivity contribution is 5.31. The van der Waals surface area contributed by atoms with Crippen LogP contribution in [-0.2, 0) is 0 Å². The van der Waals surface area contributed by atoms with Crippen molar-refractivity contribution in [3.8, 4) is 17.6 Å². The van der Waals surface area contributed by atoms with Gasteiger partial charge in [0.25, 0.3) is 0 Å². The van der Waals surface area contributed by atoms with Crippen molar-refractivity contribution in [3.63, 3.8) is 0 Å². The molecule has 0 heterocycles. The number of nitrogens with two attached hydrogens (primary N) is 1. The molecule has 0 amide bonds. The molecule has 0 fully saturated rings. The van der Waals surface area contributed by atoms with Gasteiger partial charge in [-0.15, -0.1) is 11.8 Å². The highest BCUT2D eigenvalue weighted by Gasteiger charge is 2.08. The summed E-state index contributed by atoms with van der Waals surface area (Å²) in [5, 5.41) is 0. The van der Waals surface area contributed by atoms with E-state index in [-0.39, 0.29) is 11.8 Å². The van der Waals surface area contributed by atoms with Gasteiger partial charge < -0.3 is 10.5 Å². The molecule has 0 radical (unpaired) electrons. The van der Waals surface area contributed by atoms with E-state index in [1.54, 1.807) is 19.1 Å². The zero-order valence-corrected chi connectivity index (χ0v) is 8.91. The zero-order valence-electron chi connectivity index (χ0n) is 8.91. The minimum absolute atomic E-state index is 0.118. The van der Waals surface area contributed by atoms with E-state index in [0.29, 0.717) is 6.42 Å². The van der Waals surface area contributed by atoms with Crippen molar-refractivity contribution >= 4 is 0 Å². The van der Waals surface area contributed by atoms with E-state index < -0.39 is 6.61 Å². The first-order chi connectivity index (χ1) is 7.63. The number of hydrogen-bond donors (Lipinski definition) is 1. The van der Waals surface area contributed by atoms with E-state index in [1.807, 2.05) is 0 Å². The number of rotatable bonds is 4. The van der Waals surface area contributed by atoms with Crippen molar-refractivity contribution in [1.82, 2.24) is 0 Å². The summed E-state index contributed by atoms with van der Waals surface area (Å²) in [4.78, 5) is 0. The normalized spacial score (nSPS) is 11.8. The monoisotopic (exact) mass is 225 g/mol. The number of benzene rings is 1. The Balaban J connectivity index is 2.75. The third-order valence-corrected chi connectivity index (χ3v) is 2.01. The van der Waals surface area contributed by atoms with Gasteiger partial charge in [0.05, 0.1) is 0 Å². The molecule has 0 saturated carbocycles. The van der Waals surface area contributed by atoms with Gasteiger partial charge in [-0.05, 0) is 24.6 Å². The summed E-state index contributed by atoms with van der Waals surface area (Å²) < 4.78 is 28.2. The van der Waals surface area contributed by atoms with Crippen LogP contribution in [0.3, 0.4) is 0 Å². The van der Waals surface area contributed by atoms with Crippen LogP contribution in [0.5, 0.6) is 5.75 Å². The Morgan fingerprint density at radius 1 is 1.44 bits per heavy atom. The largest absolute Gasteiger partial charge is 0.435 e. The average molecular weight is 225 g/mol. The molecule has 1 rings (SSSR count). The average Bonchev–Trinajstić information content (AvgIpc) is 2.25. The second-order valence-corrected chi connectivity index (χ2v) is 3.19. The van der Waals surface area contributed by atoms with Gasteiger partial charge in [0, 0.05) is 12.5 Å². The maximum Gasteiger partial charge on any atom is 0.387 e. The summed E-state index contributed by atoms with van der Waals surface area (Å²) in [6.45, 7) is -1.09. The van der Waals surface area contributed by atoms with Gasteiger partial charge in [0.2, 0.25) is 0 Å². The SMILES string of the molecule is CC#CCC(N)c1cccc(OC(F)F)c1. The third-order valence-electron chi connectivity index (χ3n) is 2.01. The minimum Gasteiger partial charge on any atom is -0.435 e. The quantitative estimate of drug-likeness (QED) is 0.799. The number of alkyl halides is 2. The molecule has 0 saturated heterocycles. The standard InChI is InChI=1S/C12H13F2NO/c1-2-3-7-11(15)9-5-4-6-10(8-9)16-12(13)14/h4-6,8,11-12H,7,15H2,1H3. The second-order valence-electron chi connectivity index (χ2n) is 3.19. The predicted molar refractivity (Wildman–Crippen MR) is 58.1 cm³/mol. The van der Waals surface area contributed by atoms with Crippen molar-refractivity contribution in [2.24, 2.45) is 5.73 Å². The number of halogens is 2. The maximum absolute atomic E-state index is 12.0. The summed E-state index contributed by atoms with van der Waals surface area (Å²) in [7, 11) is 0. The first kappa shape index (κ1) is 12.5. The van der Waals surface area contributed by atoms with Crippen molar-refractivity contribution in [3.05, 3.63) is 29.8 Å². The molecule has 0 bridgehead atoms. The Kier molecular flexibility index (Phi) is 4.74. The summed E-state index contributed by atoms with van der Waals surface area (Å²) in [5.74, 6) is 5.69. The van der Waals surface area contributed by atoms with Gasteiger partial charge in [0.1, 0.15) is 5.75 Å². The van der Waals surface area contributed by atoms with Crippen LogP contribution in [0.4, 0.5) is 8.78 Å². The van der Waals surface area contributed by atoms with Gasteiger partial charge in [-0.3, -0.25) is 0 Å². The Morgan fingerprint density at radius 2 is 2.19 bits per heavy atom. The van der Waals surface area contributed by atoms with Crippen molar-refractivity contribution < 1.29 is 13.5 Å². The topological polar surface area (TPSA) is 35.2 Å². The van der Waals surface area contributed by atoms with Crippen LogP contribution in [0.1, 0.15) is 24.9 Å². The number of ether oxygens (including phenoxy) is 1. The molecule has 86 valence electrons. The highest BCUT2D eigenvalue weighted by atomic mass is 19.3. The smallest absolute Gasteiger partial charge is 0.387 e. The lowest BCUT2D eigenvalue weighted by molar-refractivity contribution is -0.0498. The first-order valence-electron chi connectivity index (χ1n) is 4.83. The third kappa shape index (κ3) is 3.87. The predicted octanol–water partition coefficient (Wildman–Crippen LogP) is 2.70. The molecule has 0 aliphatic rings. The molecule has 1 unspecified atom stereocenters. The molecular weight excluding hydrogens is 212 g/mol. The van der Waals surface area contributed by atoms with Gasteiger partial charge in [-0.25, -0.2) is 0 Å². The highest BCUT2D eigenvalue weighted by Crippen LogP contribution is 2.20. The van der Waals surface area contributed by atoms with E-state index in [0.717, 1.165) is 5.56 Å². The molecule has 2 nitrogen and oxygen atoms in total. The molecule has 16 heavy (non-hydrogen) atoms. The van der Waals surface area contributed by atoms with E-state index in [2.05, 4.69) is 16.6 Å². The van der Waals surface area contributed by atoms with E-state index in [4.69, 9.17) is 5.73 Å². The molecule has 0 spiro atoms. The summed E-state index contributed by atoms with van der Waals surface area (Å²) in [5.41, 5.74) is 6.57. The molecule has 2 N–H and O–H groups in total.